The van der Waals surface area contributed by atoms with Crippen molar-refractivity contribution >= 4 is 22.9 Å². The molecular formula is C16H11N3O2S. The molecule has 0 fully saturated rings. The number of carbonyl (C=O) groups excluding carboxylic acids is 1. The highest BCUT2D eigenvalue weighted by atomic mass is 32.1. The quantitative estimate of drug-likeness (QED) is 0.797. The zero-order valence-electron chi connectivity index (χ0n) is 11.7. The van der Waals surface area contributed by atoms with Gasteiger partial charge in [-0.25, -0.2) is 4.98 Å². The lowest BCUT2D eigenvalue weighted by molar-refractivity contribution is 0.102. The fourth-order valence-corrected chi connectivity index (χ4v) is 2.85. The first-order valence-corrected chi connectivity index (χ1v) is 7.32. The summed E-state index contributed by atoms with van der Waals surface area (Å²) in [4.78, 5) is 17.5. The summed E-state index contributed by atoms with van der Waals surface area (Å²) in [5, 5.41) is 12.3. The zero-order chi connectivity index (χ0) is 15.5. The van der Waals surface area contributed by atoms with Gasteiger partial charge in [-0.3, -0.25) is 4.79 Å². The number of furan rings is 1. The van der Waals surface area contributed by atoms with Gasteiger partial charge >= 0.3 is 0 Å². The molecular weight excluding hydrogens is 298 g/mol. The Morgan fingerprint density at radius 3 is 2.95 bits per heavy atom. The number of carbonyl (C=O) groups is 1. The third kappa shape index (κ3) is 2.75. The molecule has 0 aliphatic rings. The van der Waals surface area contributed by atoms with Crippen molar-refractivity contribution in [1.82, 2.24) is 4.98 Å². The number of rotatable bonds is 3. The molecule has 0 atom stereocenters. The molecule has 2 aromatic heterocycles. The van der Waals surface area contributed by atoms with Gasteiger partial charge < -0.3 is 9.73 Å². The Balaban J connectivity index is 1.85. The Bertz CT molecular complexity index is 860. The molecule has 0 saturated carbocycles. The minimum atomic E-state index is -0.304. The number of aromatic nitrogens is 1. The Labute approximate surface area is 130 Å². The lowest BCUT2D eigenvalue weighted by atomic mass is 10.2. The lowest BCUT2D eigenvalue weighted by Crippen LogP contribution is -2.13. The van der Waals surface area contributed by atoms with Crippen LogP contribution in [0.25, 0.3) is 10.8 Å². The molecule has 1 aromatic carbocycles. The van der Waals surface area contributed by atoms with Crippen LogP contribution in [0.2, 0.25) is 0 Å². The molecule has 0 aliphatic carbocycles. The smallest absolute Gasteiger partial charge is 0.275 e. The van der Waals surface area contributed by atoms with Crippen molar-refractivity contribution in [1.29, 1.82) is 5.26 Å². The summed E-state index contributed by atoms with van der Waals surface area (Å²) >= 11 is 1.40. The average Bonchev–Trinajstić information content (AvgIpc) is 3.16. The van der Waals surface area contributed by atoms with Crippen LogP contribution in [0.5, 0.6) is 0 Å². The molecule has 1 N–H and O–H groups in total. The largest absolute Gasteiger partial charge is 0.462 e. The number of hydrogen-bond donors (Lipinski definition) is 1. The van der Waals surface area contributed by atoms with Gasteiger partial charge in [-0.2, -0.15) is 5.26 Å². The summed E-state index contributed by atoms with van der Waals surface area (Å²) in [5.74, 6) is 0.334. The molecule has 0 radical (unpaired) electrons. The first-order valence-electron chi connectivity index (χ1n) is 6.50. The van der Waals surface area contributed by atoms with Crippen LogP contribution < -0.4 is 5.32 Å². The summed E-state index contributed by atoms with van der Waals surface area (Å²) in [6.45, 7) is 1.84. The van der Waals surface area contributed by atoms with Crippen LogP contribution in [-0.4, -0.2) is 10.9 Å². The maximum atomic E-state index is 12.3. The molecule has 0 bridgehead atoms. The third-order valence-electron chi connectivity index (χ3n) is 2.99. The second-order valence-electron chi connectivity index (χ2n) is 4.55. The molecule has 3 aromatic rings. The summed E-state index contributed by atoms with van der Waals surface area (Å²) in [6.07, 6.45) is 1.57. The van der Waals surface area contributed by atoms with Crippen molar-refractivity contribution in [2.24, 2.45) is 0 Å². The van der Waals surface area contributed by atoms with Crippen molar-refractivity contribution in [3.8, 4) is 16.8 Å². The van der Waals surface area contributed by atoms with E-state index >= 15 is 0 Å². The number of benzene rings is 1. The Kier molecular flexibility index (Phi) is 3.73. The maximum Gasteiger partial charge on any atom is 0.275 e. The number of nitrogens with one attached hydrogen (secondary N) is 1. The molecule has 0 spiro atoms. The minimum absolute atomic E-state index is 0.304. The minimum Gasteiger partial charge on any atom is -0.462 e. The van der Waals surface area contributed by atoms with Gasteiger partial charge in [-0.1, -0.05) is 6.07 Å². The normalized spacial score (nSPS) is 10.2. The van der Waals surface area contributed by atoms with Crippen LogP contribution in [0, 0.1) is 18.3 Å². The van der Waals surface area contributed by atoms with E-state index in [1.54, 1.807) is 42.7 Å². The topological polar surface area (TPSA) is 78.9 Å². The Hall–Kier alpha value is -2.91. The van der Waals surface area contributed by atoms with Gasteiger partial charge in [0.15, 0.2) is 10.8 Å². The number of amides is 1. The number of nitrogens with zero attached hydrogens (tertiary/aromatic N) is 2. The van der Waals surface area contributed by atoms with E-state index in [1.165, 1.54) is 11.3 Å². The van der Waals surface area contributed by atoms with E-state index in [-0.39, 0.29) is 5.91 Å². The van der Waals surface area contributed by atoms with Crippen molar-refractivity contribution < 1.29 is 9.21 Å². The number of aryl methyl sites for hydroxylation is 1. The summed E-state index contributed by atoms with van der Waals surface area (Å²) in [7, 11) is 0. The van der Waals surface area contributed by atoms with E-state index in [0.717, 1.165) is 4.88 Å². The second-order valence-corrected chi connectivity index (χ2v) is 5.75. The van der Waals surface area contributed by atoms with E-state index in [1.807, 2.05) is 13.0 Å². The van der Waals surface area contributed by atoms with Gasteiger partial charge in [0.05, 0.1) is 17.9 Å². The number of thiazole rings is 1. The van der Waals surface area contributed by atoms with E-state index in [4.69, 9.17) is 9.68 Å². The Morgan fingerprint density at radius 1 is 1.36 bits per heavy atom. The molecule has 2 heterocycles. The monoisotopic (exact) mass is 309 g/mol. The van der Waals surface area contributed by atoms with Gasteiger partial charge in [0, 0.05) is 10.6 Å². The van der Waals surface area contributed by atoms with Crippen molar-refractivity contribution in [3.05, 3.63) is 58.8 Å². The number of anilines is 1. The fraction of sp³-hybridized carbons (Fsp3) is 0.0625. The molecule has 108 valence electrons. The molecule has 0 aliphatic heterocycles. The highest BCUT2D eigenvalue weighted by Gasteiger charge is 2.17. The standard InChI is InChI=1S/C16H11N3O2S/c1-10-14(19-16(22-10)13-6-3-7-21-13)15(20)18-12-5-2-4-11(8-12)9-17/h2-8H,1H3,(H,18,20). The van der Waals surface area contributed by atoms with E-state index < -0.39 is 0 Å². The molecule has 0 saturated heterocycles. The van der Waals surface area contributed by atoms with Gasteiger partial charge in [-0.15, -0.1) is 11.3 Å². The van der Waals surface area contributed by atoms with Gasteiger partial charge in [0.2, 0.25) is 0 Å². The Morgan fingerprint density at radius 2 is 2.23 bits per heavy atom. The fourth-order valence-electron chi connectivity index (χ4n) is 1.97. The van der Waals surface area contributed by atoms with Crippen molar-refractivity contribution in [3.63, 3.8) is 0 Å². The van der Waals surface area contributed by atoms with Crippen LogP contribution in [0.3, 0.4) is 0 Å². The SMILES string of the molecule is Cc1sc(-c2ccco2)nc1C(=O)Nc1cccc(C#N)c1. The first kappa shape index (κ1) is 14.0. The number of nitriles is 1. The van der Waals surface area contributed by atoms with Crippen molar-refractivity contribution in [2.45, 2.75) is 6.92 Å². The third-order valence-corrected chi connectivity index (χ3v) is 3.98. The predicted molar refractivity (Wildman–Crippen MR) is 83.7 cm³/mol. The van der Waals surface area contributed by atoms with E-state index in [0.29, 0.717) is 27.7 Å². The average molecular weight is 309 g/mol. The highest BCUT2D eigenvalue weighted by molar-refractivity contribution is 7.15. The van der Waals surface area contributed by atoms with E-state index in [2.05, 4.69) is 10.3 Å². The van der Waals surface area contributed by atoms with Crippen LogP contribution in [0.4, 0.5) is 5.69 Å². The molecule has 5 nitrogen and oxygen atoms in total. The van der Waals surface area contributed by atoms with Gasteiger partial charge in [0.25, 0.3) is 5.91 Å². The number of hydrogen-bond acceptors (Lipinski definition) is 5. The molecule has 3 rings (SSSR count). The van der Waals surface area contributed by atoms with Crippen LogP contribution in [-0.2, 0) is 0 Å². The summed E-state index contributed by atoms with van der Waals surface area (Å²) < 4.78 is 5.30. The first-order chi connectivity index (χ1) is 10.7. The van der Waals surface area contributed by atoms with Crippen LogP contribution >= 0.6 is 11.3 Å². The molecule has 22 heavy (non-hydrogen) atoms. The van der Waals surface area contributed by atoms with Crippen LogP contribution in [0.15, 0.2) is 47.1 Å². The van der Waals surface area contributed by atoms with Gasteiger partial charge in [-0.05, 0) is 37.3 Å². The second kappa shape index (κ2) is 5.84. The highest BCUT2D eigenvalue weighted by Crippen LogP contribution is 2.28. The van der Waals surface area contributed by atoms with Gasteiger partial charge in [0.1, 0.15) is 5.69 Å². The predicted octanol–water partition coefficient (Wildman–Crippen LogP) is 3.84. The lowest BCUT2D eigenvalue weighted by Gasteiger charge is -2.03. The molecule has 1 amide bonds. The zero-order valence-corrected chi connectivity index (χ0v) is 12.5. The summed E-state index contributed by atoms with van der Waals surface area (Å²) in [5.41, 5.74) is 1.42. The maximum absolute atomic E-state index is 12.3. The van der Waals surface area contributed by atoms with Crippen molar-refractivity contribution in [2.75, 3.05) is 5.32 Å². The summed E-state index contributed by atoms with van der Waals surface area (Å²) in [6, 6.07) is 12.4. The molecule has 0 unspecified atom stereocenters. The van der Waals surface area contributed by atoms with Crippen LogP contribution in [0.1, 0.15) is 20.9 Å². The molecule has 6 heteroatoms. The van der Waals surface area contributed by atoms with E-state index in [9.17, 15) is 4.79 Å².